The van der Waals surface area contributed by atoms with Crippen LogP contribution in [-0.2, 0) is 11.2 Å². The first-order chi connectivity index (χ1) is 22.7. The van der Waals surface area contributed by atoms with Gasteiger partial charge >= 0.3 is 12.1 Å². The summed E-state index contributed by atoms with van der Waals surface area (Å²) in [5, 5.41) is 14.7. The van der Waals surface area contributed by atoms with Crippen molar-refractivity contribution in [3.63, 3.8) is 0 Å². The van der Waals surface area contributed by atoms with E-state index >= 15 is 4.39 Å². The average Bonchev–Trinajstić information content (AvgIpc) is 3.59. The summed E-state index contributed by atoms with van der Waals surface area (Å²) in [7, 11) is 1.30. The summed E-state index contributed by atoms with van der Waals surface area (Å²) in [5.74, 6) is -0.941. The van der Waals surface area contributed by atoms with Gasteiger partial charge in [-0.15, -0.1) is 0 Å². The van der Waals surface area contributed by atoms with Gasteiger partial charge < -0.3 is 24.8 Å². The summed E-state index contributed by atoms with van der Waals surface area (Å²) in [6.07, 6.45) is 3.84. The van der Waals surface area contributed by atoms with Gasteiger partial charge in [0.05, 0.1) is 18.0 Å². The molecule has 0 aliphatic carbocycles. The minimum absolute atomic E-state index is 0.0560. The number of nitrogens with zero attached hydrogens (tertiary/aromatic N) is 5. The van der Waals surface area contributed by atoms with Crippen molar-refractivity contribution in [1.29, 1.82) is 0 Å². The van der Waals surface area contributed by atoms with Crippen LogP contribution in [0.3, 0.4) is 0 Å². The number of hydrogen-bond acceptors (Lipinski definition) is 9. The van der Waals surface area contributed by atoms with Crippen LogP contribution < -0.4 is 15.0 Å². The number of fused-ring (bicyclic) bond motifs is 3. The first-order valence-electron chi connectivity index (χ1n) is 16.1. The summed E-state index contributed by atoms with van der Waals surface area (Å²) >= 11 is 0. The predicted octanol–water partition coefficient (Wildman–Crippen LogP) is 5.67. The van der Waals surface area contributed by atoms with Crippen LogP contribution in [0.15, 0.2) is 30.5 Å². The molecule has 10 nitrogen and oxygen atoms in total. The number of aryl methyl sites for hydroxylation is 1. The van der Waals surface area contributed by atoms with Gasteiger partial charge in [0, 0.05) is 43.9 Å². The number of methoxy groups -OCH3 is 1. The number of aromatic hydroxyl groups is 1. The first-order valence-corrected chi connectivity index (χ1v) is 16.1. The van der Waals surface area contributed by atoms with E-state index in [0.29, 0.717) is 60.0 Å². The zero-order valence-electron chi connectivity index (χ0n) is 26.4. The van der Waals surface area contributed by atoms with Crippen molar-refractivity contribution < 1.29 is 32.5 Å². The minimum Gasteiger partial charge on any atom is -0.508 e. The number of benzene rings is 2. The molecule has 13 heteroatoms. The van der Waals surface area contributed by atoms with E-state index < -0.39 is 29.4 Å². The number of alkyl carbamates (subject to hydrolysis) is 1. The molecule has 3 aliphatic rings. The molecule has 0 unspecified atom stereocenters. The van der Waals surface area contributed by atoms with Crippen molar-refractivity contribution in [2.75, 3.05) is 44.8 Å². The fourth-order valence-corrected chi connectivity index (χ4v) is 7.71. The lowest BCUT2D eigenvalue weighted by atomic mass is 9.94. The number of phenols is 1. The third kappa shape index (κ3) is 5.64. The number of anilines is 1. The fraction of sp³-hybridized carbons (Fsp3) is 0.471. The Morgan fingerprint density at radius 3 is 2.83 bits per heavy atom. The van der Waals surface area contributed by atoms with Crippen LogP contribution in [0.1, 0.15) is 44.6 Å². The van der Waals surface area contributed by atoms with E-state index in [9.17, 15) is 18.7 Å². The molecule has 3 saturated heterocycles. The lowest BCUT2D eigenvalue weighted by molar-refractivity contribution is 0.107. The molecular weight excluding hydrogens is 613 g/mol. The molecule has 3 fully saturated rings. The summed E-state index contributed by atoms with van der Waals surface area (Å²) in [6, 6.07) is 5.47. The number of hydrogen-bond donors (Lipinski definition) is 2. The van der Waals surface area contributed by atoms with Crippen LogP contribution in [0.5, 0.6) is 11.8 Å². The fourth-order valence-electron chi connectivity index (χ4n) is 7.71. The molecule has 1 amide bonds. The SMILES string of the molecule is CCc1c(F)ccc2cc(O)cc(-c3ncc4c(N5CCC[C@@H](NC(=O)OC)C5)nc(OC[C@@]56CCCN5C[C@H](F)C6)nc4c3F)c12. The van der Waals surface area contributed by atoms with Crippen LogP contribution in [-0.4, -0.2) is 88.7 Å². The van der Waals surface area contributed by atoms with E-state index in [-0.39, 0.29) is 41.2 Å². The third-order valence-electron chi connectivity index (χ3n) is 9.86. The van der Waals surface area contributed by atoms with Crippen molar-refractivity contribution in [1.82, 2.24) is 25.2 Å². The highest BCUT2D eigenvalue weighted by Crippen LogP contribution is 2.42. The largest absolute Gasteiger partial charge is 0.508 e. The van der Waals surface area contributed by atoms with Crippen molar-refractivity contribution in [3.05, 3.63) is 47.7 Å². The number of phenolic OH excluding ortho intramolecular Hbond substituents is 1. The number of amides is 1. The quantitative estimate of drug-likeness (QED) is 0.261. The van der Waals surface area contributed by atoms with Crippen LogP contribution in [0.2, 0.25) is 0 Å². The van der Waals surface area contributed by atoms with E-state index in [2.05, 4.69) is 20.2 Å². The van der Waals surface area contributed by atoms with Gasteiger partial charge in [-0.1, -0.05) is 13.0 Å². The van der Waals surface area contributed by atoms with E-state index in [1.54, 1.807) is 6.07 Å². The van der Waals surface area contributed by atoms with E-state index in [1.165, 1.54) is 31.5 Å². The number of halogens is 3. The van der Waals surface area contributed by atoms with Gasteiger partial charge in [-0.25, -0.2) is 18.0 Å². The number of piperidine rings is 1. The maximum atomic E-state index is 16.8. The molecule has 248 valence electrons. The molecule has 2 aromatic carbocycles. The highest BCUT2D eigenvalue weighted by molar-refractivity contribution is 6.01. The molecule has 2 N–H and O–H groups in total. The van der Waals surface area contributed by atoms with E-state index in [0.717, 1.165) is 32.2 Å². The second-order valence-corrected chi connectivity index (χ2v) is 12.8. The van der Waals surface area contributed by atoms with Crippen LogP contribution >= 0.6 is 0 Å². The van der Waals surface area contributed by atoms with E-state index in [1.807, 2.05) is 11.8 Å². The van der Waals surface area contributed by atoms with Gasteiger partial charge in [-0.05, 0) is 73.2 Å². The topological polar surface area (TPSA) is 113 Å². The molecule has 0 saturated carbocycles. The standard InChI is InChI=1S/C34H37F3N6O4/c1-3-23-26(36)8-7-19-12-22(44)13-24(27(19)23)29-28(37)30-25(15-38-29)31(42-10-4-6-21(17-42)39-33(45)46-2)41-32(40-30)47-18-34-9-5-11-43(34)16-20(35)14-34/h7-8,12-13,15,20-21,44H,3-6,9-11,14,16-18H2,1-2H3,(H,39,45)/t20-,21-,34+/m1/s1. The van der Waals surface area contributed by atoms with Gasteiger partial charge in [0.15, 0.2) is 5.82 Å². The van der Waals surface area contributed by atoms with Crippen molar-refractivity contribution >= 4 is 33.6 Å². The average molecular weight is 651 g/mol. The summed E-state index contributed by atoms with van der Waals surface area (Å²) in [6.45, 7) is 4.06. The lowest BCUT2D eigenvalue weighted by Crippen LogP contribution is -2.48. The van der Waals surface area contributed by atoms with Gasteiger partial charge in [0.1, 0.15) is 41.4 Å². The third-order valence-corrected chi connectivity index (χ3v) is 9.86. The highest BCUT2D eigenvalue weighted by Gasteiger charge is 2.49. The molecule has 0 spiro atoms. The van der Waals surface area contributed by atoms with E-state index in [4.69, 9.17) is 14.5 Å². The summed E-state index contributed by atoms with van der Waals surface area (Å²) in [5.41, 5.74) is -0.0121. The van der Waals surface area contributed by atoms with Crippen LogP contribution in [0, 0.1) is 11.6 Å². The number of ether oxygens (including phenoxy) is 2. The van der Waals surface area contributed by atoms with Crippen molar-refractivity contribution in [2.24, 2.45) is 0 Å². The number of aromatic nitrogens is 3. The summed E-state index contributed by atoms with van der Waals surface area (Å²) in [4.78, 5) is 29.8. The lowest BCUT2D eigenvalue weighted by Gasteiger charge is -2.34. The Labute approximate surface area is 269 Å². The molecule has 4 aromatic rings. The number of pyridine rings is 1. The maximum Gasteiger partial charge on any atom is 0.407 e. The highest BCUT2D eigenvalue weighted by atomic mass is 19.1. The number of alkyl halides is 1. The van der Waals surface area contributed by atoms with Gasteiger partial charge in [0.25, 0.3) is 0 Å². The predicted molar refractivity (Wildman–Crippen MR) is 171 cm³/mol. The summed E-state index contributed by atoms with van der Waals surface area (Å²) < 4.78 is 57.3. The Hall–Kier alpha value is -4.39. The molecule has 3 aliphatic heterocycles. The Morgan fingerprint density at radius 2 is 2.02 bits per heavy atom. The molecule has 0 radical (unpaired) electrons. The molecule has 5 heterocycles. The number of carbonyl (C=O) groups is 1. The Kier molecular flexibility index (Phi) is 8.19. The number of rotatable bonds is 7. The van der Waals surface area contributed by atoms with Crippen LogP contribution in [0.25, 0.3) is 32.9 Å². The van der Waals surface area contributed by atoms with Gasteiger partial charge in [-0.2, -0.15) is 9.97 Å². The minimum atomic E-state index is -0.944. The second kappa shape index (κ2) is 12.3. The second-order valence-electron chi connectivity index (χ2n) is 12.8. The Bertz CT molecular complexity index is 1860. The van der Waals surface area contributed by atoms with Crippen molar-refractivity contribution in [2.45, 2.75) is 63.2 Å². The zero-order chi connectivity index (χ0) is 32.9. The maximum absolute atomic E-state index is 16.8. The zero-order valence-corrected chi connectivity index (χ0v) is 26.4. The molecule has 0 bridgehead atoms. The molecule has 7 rings (SSSR count). The van der Waals surface area contributed by atoms with Crippen LogP contribution in [0.4, 0.5) is 23.8 Å². The van der Waals surface area contributed by atoms with Gasteiger partial charge in [0.2, 0.25) is 0 Å². The van der Waals surface area contributed by atoms with Crippen molar-refractivity contribution in [3.8, 4) is 23.0 Å². The Morgan fingerprint density at radius 1 is 1.17 bits per heavy atom. The Balaban J connectivity index is 1.35. The smallest absolute Gasteiger partial charge is 0.407 e. The molecule has 2 aromatic heterocycles. The molecule has 47 heavy (non-hydrogen) atoms. The normalized spacial score (nSPS) is 23.0. The van der Waals surface area contributed by atoms with Gasteiger partial charge in [-0.3, -0.25) is 9.88 Å². The molecule has 3 atom stereocenters. The monoisotopic (exact) mass is 650 g/mol. The number of nitrogens with one attached hydrogen (secondary N) is 1. The number of carbonyl (C=O) groups excluding carboxylic acids is 1. The first kappa shape index (κ1) is 31.2. The molecular formula is C34H37F3N6O4.